The van der Waals surface area contributed by atoms with E-state index in [2.05, 4.69) is 56.6 Å². The Morgan fingerprint density at radius 1 is 0.750 bits per heavy atom. The van der Waals surface area contributed by atoms with Crippen LogP contribution in [0.1, 0.15) is 0 Å². The molecule has 1 saturated heterocycles. The first-order valence-corrected chi connectivity index (χ1v) is 5.22. The number of carbonyl (C=O) groups is 3. The Morgan fingerprint density at radius 3 is 1.08 bits per heavy atom. The second-order valence-electron chi connectivity index (χ2n) is 3.23. The summed E-state index contributed by atoms with van der Waals surface area (Å²) in [5.74, 6) is -2.52. The second-order valence-corrected chi connectivity index (χ2v) is 3.23. The third-order valence-corrected chi connectivity index (χ3v) is 1.59. The molecule has 132 valence electrons. The molecule has 0 aromatic carbocycles. The fourth-order valence-electron chi connectivity index (χ4n) is 0.816. The number of imide groups is 2. The van der Waals surface area contributed by atoms with Crippen molar-refractivity contribution in [2.45, 2.75) is 0 Å². The molecule has 24 heavy (non-hydrogen) atoms. The number of methoxy groups -OCH3 is 3. The molecule has 1 aliphatic rings. The minimum Gasteiger partial charge on any atom is -0.557 e. The fourth-order valence-corrected chi connectivity index (χ4v) is 0.816. The molecule has 0 bridgehead atoms. The van der Waals surface area contributed by atoms with Crippen LogP contribution in [0.15, 0.2) is 0 Å². The van der Waals surface area contributed by atoms with Gasteiger partial charge >= 0.3 is 0 Å². The van der Waals surface area contributed by atoms with E-state index in [0.29, 0.717) is 9.80 Å². The Morgan fingerprint density at radius 2 is 0.917 bits per heavy atom. The molecule has 4 amide bonds. The SMILES string of the molecule is [CH2-]C1C(=O)N([CH2-])C(=O)N([CH2-])C1=O.[CH2-]OC.[CH2-]OC.[CH2-]OC.[Rf].[Rf].[Rf]. The summed E-state index contributed by atoms with van der Waals surface area (Å²) in [6, 6.07) is -0.829. The molecule has 8 nitrogen and oxygen atoms in total. The largest absolute Gasteiger partial charge is 0.557 e. The maximum Gasteiger partial charge on any atom is 0.273 e. The monoisotopic (exact) mass is 1100 g/mol. The Bertz CT molecular complexity index is 257. The van der Waals surface area contributed by atoms with Gasteiger partial charge in [-0.05, 0) is 27.2 Å². The summed E-state index contributed by atoms with van der Waals surface area (Å²) in [7, 11) is 19.8. The third-order valence-electron chi connectivity index (χ3n) is 1.59. The molecule has 0 unspecified atom stereocenters. The number of hydrogen-bond acceptors (Lipinski definition) is 6. The van der Waals surface area contributed by atoms with Gasteiger partial charge in [0, 0.05) is 0 Å². The number of nitrogens with zero attached hydrogens (tertiary/aromatic N) is 2. The number of rotatable bonds is 0. The smallest absolute Gasteiger partial charge is 0.273 e. The normalized spacial score (nSPS) is 12.6. The van der Waals surface area contributed by atoms with E-state index in [9.17, 15) is 14.4 Å². The summed E-state index contributed by atoms with van der Waals surface area (Å²) < 4.78 is 12.0. The Balaban J connectivity index is -0.0000000579. The Kier molecular flexibility index (Phi) is 31.7. The molecule has 0 saturated carbocycles. The summed E-state index contributed by atoms with van der Waals surface area (Å²) in [6.45, 7) is 3.28. The van der Waals surface area contributed by atoms with Crippen LogP contribution >= 0.6 is 0 Å². The summed E-state index contributed by atoms with van der Waals surface area (Å²) in [4.78, 5) is 34.1. The van der Waals surface area contributed by atoms with Crippen LogP contribution in [0, 0.1) is 48.3 Å². The molecular formula is C13H22N2O6Rf3-6. The van der Waals surface area contributed by atoms with Crippen molar-refractivity contribution in [3.8, 4) is 0 Å². The zero-order chi connectivity index (χ0) is 17.6. The topological polar surface area (TPSA) is 85.4 Å². The van der Waals surface area contributed by atoms with Crippen LogP contribution in [-0.2, 0) is 23.8 Å². The minimum atomic E-state index is -1.11. The van der Waals surface area contributed by atoms with E-state index in [4.69, 9.17) is 0 Å². The zero-order valence-corrected chi connectivity index (χ0v) is 34.0. The van der Waals surface area contributed by atoms with Gasteiger partial charge < -0.3 is 30.9 Å². The third kappa shape index (κ3) is 12.5. The van der Waals surface area contributed by atoms with Crippen molar-refractivity contribution < 1.29 is 28.6 Å². The molecular weight excluding hydrogens is 1080 g/mol. The molecule has 11 heteroatoms. The Labute approximate surface area is 126 Å². The van der Waals surface area contributed by atoms with Crippen LogP contribution < -0.4 is 0 Å². The van der Waals surface area contributed by atoms with Gasteiger partial charge in [0.15, 0.2) is 11.8 Å². The van der Waals surface area contributed by atoms with Crippen molar-refractivity contribution in [1.29, 1.82) is 0 Å². The van der Waals surface area contributed by atoms with Gasteiger partial charge in [-0.25, -0.2) is 35.4 Å². The molecule has 0 atom stereocenters. The molecule has 0 N–H and O–H groups in total. The fraction of sp³-hybridized carbons (Fsp3) is 0.308. The van der Waals surface area contributed by atoms with Gasteiger partial charge in [0.1, 0.15) is 0 Å². The van der Waals surface area contributed by atoms with Crippen LogP contribution in [0.2, 0.25) is 0 Å². The molecule has 1 rings (SSSR count). The van der Waals surface area contributed by atoms with Crippen molar-refractivity contribution in [1.82, 2.24) is 9.80 Å². The average molecular weight is 1100 g/mol. The van der Waals surface area contributed by atoms with Gasteiger partial charge in [-0.3, -0.25) is 14.4 Å². The maximum atomic E-state index is 11.0. The number of hydrogen-bond donors (Lipinski definition) is 0. The quantitative estimate of drug-likeness (QED) is 0.267. The van der Waals surface area contributed by atoms with Crippen LogP contribution in [0.3, 0.4) is 0 Å². The summed E-state index contributed by atoms with van der Waals surface area (Å²) in [5.41, 5.74) is 0. The molecule has 0 radical (unpaired) electrons. The van der Waals surface area contributed by atoms with E-state index in [1.165, 1.54) is 21.3 Å². The van der Waals surface area contributed by atoms with Crippen molar-refractivity contribution in [2.75, 3.05) is 21.3 Å². The standard InChI is InChI=1S/C7H7N2O3.3C2H5O.3Rf/c1-4-5(10)8(2)7(12)9(3)6(4)11;3*1-3-2;;;/h4H,1-3H2;3*1H2,2H3;;;/q-3;3*-1;;;. The first-order chi connectivity index (χ1) is 9.71. The maximum absolute atomic E-state index is 11.0. The van der Waals surface area contributed by atoms with Gasteiger partial charge in [-0.15, -0.1) is 0 Å². The van der Waals surface area contributed by atoms with Crippen LogP contribution in [0.4, 0.5) is 4.79 Å². The summed E-state index contributed by atoms with van der Waals surface area (Å²) in [6.07, 6.45) is 0. The van der Waals surface area contributed by atoms with Gasteiger partial charge in [0.25, 0.3) is 6.03 Å². The van der Waals surface area contributed by atoms with Crippen LogP contribution in [-0.4, -0.2) is 49.0 Å². The summed E-state index contributed by atoms with van der Waals surface area (Å²) >= 11 is 0. The van der Waals surface area contributed by atoms with E-state index in [0.717, 1.165) is 0 Å². The van der Waals surface area contributed by atoms with Crippen molar-refractivity contribution >= 4 is 17.8 Å². The van der Waals surface area contributed by atoms with E-state index < -0.39 is 23.8 Å². The van der Waals surface area contributed by atoms with Crippen molar-refractivity contribution in [3.05, 3.63) is 42.3 Å². The number of amides is 4. The average Bonchev–Trinajstić information content (AvgIpc) is 2.44. The molecule has 1 heterocycles. The number of carbonyl (C=O) groups excluding carboxylic acids is 3. The van der Waals surface area contributed by atoms with Gasteiger partial charge in [-0.2, -0.15) is 0 Å². The van der Waals surface area contributed by atoms with Crippen molar-refractivity contribution in [2.24, 2.45) is 5.92 Å². The van der Waals surface area contributed by atoms with E-state index >= 15 is 0 Å². The van der Waals surface area contributed by atoms with Gasteiger partial charge in [0.05, 0.1) is 0 Å². The predicted molar refractivity (Wildman–Crippen MR) is 75.7 cm³/mol. The molecule has 1 aliphatic heterocycles. The second kappa shape index (κ2) is 20.8. The summed E-state index contributed by atoms with van der Waals surface area (Å²) in [5, 5.41) is 0. The van der Waals surface area contributed by atoms with Crippen molar-refractivity contribution in [3.63, 3.8) is 0 Å². The predicted octanol–water partition coefficient (Wildman–Crippen LogP) is 1.08. The molecule has 0 aromatic heterocycles. The molecule has 1 fully saturated rings. The van der Waals surface area contributed by atoms with Gasteiger partial charge in [0.2, 0.25) is 0 Å². The van der Waals surface area contributed by atoms with Gasteiger partial charge in [-0.1, -0.05) is 0 Å². The number of urea groups is 1. The number of ether oxygens (including phenoxy) is 3. The molecule has 0 spiro atoms. The van der Waals surface area contributed by atoms with E-state index in [1.54, 1.807) is 0 Å². The Hall–Kier alpha value is -4.51. The van der Waals surface area contributed by atoms with E-state index in [1.807, 2.05) is 0 Å². The van der Waals surface area contributed by atoms with Crippen LogP contribution in [0.25, 0.3) is 0 Å². The molecule has 0 aromatic rings. The zero-order valence-electron chi connectivity index (χ0n) is 14.8. The number of barbiturate groups is 1. The minimum absolute atomic E-state index is 0. The first kappa shape index (κ1) is 36.6. The van der Waals surface area contributed by atoms with Crippen LogP contribution in [0.5, 0.6) is 0 Å². The van der Waals surface area contributed by atoms with E-state index in [-0.39, 0.29) is 0 Å². The first-order valence-electron chi connectivity index (χ1n) is 5.22. The molecule has 0 aliphatic carbocycles.